The first kappa shape index (κ1) is 21.6. The first-order valence-electron chi connectivity index (χ1n) is 9.38. The largest absolute Gasteiger partial charge is 0.350 e. The van der Waals surface area contributed by atoms with Gasteiger partial charge in [0.05, 0.1) is 5.69 Å². The van der Waals surface area contributed by atoms with Crippen LogP contribution in [0.2, 0.25) is 5.02 Å². The first-order chi connectivity index (χ1) is 15.2. The van der Waals surface area contributed by atoms with Gasteiger partial charge in [0.15, 0.2) is 10.9 Å². The Morgan fingerprint density at radius 3 is 2.38 bits per heavy atom. The molecule has 1 saturated heterocycles. The van der Waals surface area contributed by atoms with E-state index in [9.17, 15) is 18.8 Å². The molecule has 1 aromatic heterocycles. The normalized spacial score (nSPS) is 15.3. The molecule has 160 valence electrons. The van der Waals surface area contributed by atoms with Crippen molar-refractivity contribution < 1.29 is 18.8 Å². The minimum atomic E-state index is -0.641. The maximum Gasteiger partial charge on any atom is 0.270 e. The quantitative estimate of drug-likeness (QED) is 0.273. The van der Waals surface area contributed by atoms with E-state index in [-0.39, 0.29) is 16.5 Å². The topological polar surface area (TPSA) is 71.4 Å². The summed E-state index contributed by atoms with van der Waals surface area (Å²) in [6.45, 7) is 0. The Balaban J connectivity index is 1.68. The monoisotopic (exact) mass is 467 g/mol. The number of aryl methyl sites for hydroxylation is 1. The van der Waals surface area contributed by atoms with Crippen LogP contribution in [-0.2, 0) is 16.6 Å². The van der Waals surface area contributed by atoms with E-state index in [4.69, 9.17) is 23.8 Å². The molecule has 1 aliphatic rings. The number of rotatable bonds is 4. The van der Waals surface area contributed by atoms with Crippen molar-refractivity contribution in [3.8, 4) is 0 Å². The Kier molecular flexibility index (Phi) is 5.73. The maximum atomic E-state index is 13.1. The third-order valence-electron chi connectivity index (χ3n) is 4.89. The van der Waals surface area contributed by atoms with E-state index in [0.717, 1.165) is 0 Å². The van der Waals surface area contributed by atoms with Crippen LogP contribution >= 0.6 is 23.8 Å². The summed E-state index contributed by atoms with van der Waals surface area (Å²) in [6, 6.07) is 13.2. The molecule has 1 N–H and O–H groups in total. The van der Waals surface area contributed by atoms with Crippen LogP contribution in [0.25, 0.3) is 6.08 Å². The lowest BCUT2D eigenvalue weighted by molar-refractivity contribution is -0.122. The lowest BCUT2D eigenvalue weighted by Crippen LogP contribution is -2.54. The van der Waals surface area contributed by atoms with Gasteiger partial charge in [-0.05, 0) is 72.9 Å². The van der Waals surface area contributed by atoms with Crippen LogP contribution in [0.1, 0.15) is 21.6 Å². The highest BCUT2D eigenvalue weighted by Gasteiger charge is 2.34. The zero-order valence-electron chi connectivity index (χ0n) is 16.6. The molecule has 1 fully saturated rings. The van der Waals surface area contributed by atoms with Crippen molar-refractivity contribution >= 4 is 58.3 Å². The number of ketones is 1. The molecule has 0 unspecified atom stereocenters. The molecule has 0 atom stereocenters. The predicted molar refractivity (Wildman–Crippen MR) is 123 cm³/mol. The van der Waals surface area contributed by atoms with Gasteiger partial charge in [0.25, 0.3) is 11.8 Å². The summed E-state index contributed by atoms with van der Waals surface area (Å²) in [7, 11) is 1.68. The second-order valence-electron chi connectivity index (χ2n) is 7.03. The average Bonchev–Trinajstić information content (AvgIpc) is 3.12. The van der Waals surface area contributed by atoms with Crippen LogP contribution in [0.15, 0.2) is 66.4 Å². The molecule has 32 heavy (non-hydrogen) atoms. The number of benzene rings is 2. The Hall–Kier alpha value is -3.62. The summed E-state index contributed by atoms with van der Waals surface area (Å²) < 4.78 is 14.8. The van der Waals surface area contributed by atoms with Crippen molar-refractivity contribution in [3.63, 3.8) is 0 Å². The number of carbonyl (C=O) groups excluding carboxylic acids is 3. The van der Waals surface area contributed by atoms with Gasteiger partial charge in [-0.15, -0.1) is 0 Å². The Labute approximate surface area is 192 Å². The molecule has 6 nitrogen and oxygen atoms in total. The standard InChI is InChI=1S/C23H15ClFN3O3S/c1-27-12-14(20(29)13-2-6-16(25)7-3-13)10-18(27)11-19-21(30)26-23(32)28(22(19)31)17-8-4-15(24)5-9-17/h2-12H,1H3,(H,26,30,32). The van der Waals surface area contributed by atoms with Crippen molar-refractivity contribution in [1.29, 1.82) is 0 Å². The lowest BCUT2D eigenvalue weighted by Gasteiger charge is -2.28. The highest BCUT2D eigenvalue weighted by atomic mass is 35.5. The van der Waals surface area contributed by atoms with Crippen LogP contribution in [0, 0.1) is 5.82 Å². The van der Waals surface area contributed by atoms with Gasteiger partial charge in [-0.2, -0.15) is 0 Å². The smallest absolute Gasteiger partial charge is 0.270 e. The number of halogens is 2. The third kappa shape index (κ3) is 4.10. The molecule has 0 saturated carbocycles. The number of carbonyl (C=O) groups is 3. The summed E-state index contributed by atoms with van der Waals surface area (Å²) in [5.41, 5.74) is 1.42. The molecule has 3 aromatic rings. The lowest BCUT2D eigenvalue weighted by atomic mass is 10.1. The van der Waals surface area contributed by atoms with Gasteiger partial charge in [0, 0.05) is 35.1 Å². The highest BCUT2D eigenvalue weighted by molar-refractivity contribution is 7.80. The molecule has 9 heteroatoms. The fourth-order valence-electron chi connectivity index (χ4n) is 3.25. The first-order valence-corrected chi connectivity index (χ1v) is 10.2. The average molecular weight is 468 g/mol. The molecule has 2 heterocycles. The number of anilines is 1. The van der Waals surface area contributed by atoms with Crippen LogP contribution < -0.4 is 10.2 Å². The summed E-state index contributed by atoms with van der Waals surface area (Å²) in [5, 5.41) is 2.96. The van der Waals surface area contributed by atoms with E-state index in [0.29, 0.717) is 27.5 Å². The minimum Gasteiger partial charge on any atom is -0.350 e. The van der Waals surface area contributed by atoms with Crippen LogP contribution in [0.5, 0.6) is 0 Å². The van der Waals surface area contributed by atoms with Crippen molar-refractivity contribution in [2.75, 3.05) is 4.90 Å². The molecule has 0 aliphatic carbocycles. The van der Waals surface area contributed by atoms with E-state index in [1.807, 2.05) is 0 Å². The molecule has 1 aliphatic heterocycles. The van der Waals surface area contributed by atoms with E-state index in [2.05, 4.69) is 5.32 Å². The van der Waals surface area contributed by atoms with Gasteiger partial charge in [-0.1, -0.05) is 11.6 Å². The zero-order valence-corrected chi connectivity index (χ0v) is 18.2. The predicted octanol–water partition coefficient (Wildman–Crippen LogP) is 3.88. The number of aromatic nitrogens is 1. The van der Waals surface area contributed by atoms with Gasteiger partial charge < -0.3 is 4.57 Å². The number of hydrogen-bond donors (Lipinski definition) is 1. The fourth-order valence-corrected chi connectivity index (χ4v) is 3.65. The summed E-state index contributed by atoms with van der Waals surface area (Å²) in [5.74, 6) is -2.00. The van der Waals surface area contributed by atoms with Gasteiger partial charge in [-0.25, -0.2) is 4.39 Å². The molecule has 0 radical (unpaired) electrons. The van der Waals surface area contributed by atoms with Gasteiger partial charge >= 0.3 is 0 Å². The van der Waals surface area contributed by atoms with Crippen molar-refractivity contribution in [2.45, 2.75) is 0 Å². The highest BCUT2D eigenvalue weighted by Crippen LogP contribution is 2.24. The molecule has 2 aromatic carbocycles. The fraction of sp³-hybridized carbons (Fsp3) is 0.0435. The van der Waals surface area contributed by atoms with Crippen LogP contribution in [-0.4, -0.2) is 27.3 Å². The van der Waals surface area contributed by atoms with Crippen molar-refractivity contribution in [3.05, 3.63) is 94.0 Å². The zero-order chi connectivity index (χ0) is 23.0. The van der Waals surface area contributed by atoms with E-state index in [1.165, 1.54) is 35.2 Å². The molecular formula is C23H15ClFN3O3S. The summed E-state index contributed by atoms with van der Waals surface area (Å²) in [6.07, 6.45) is 2.97. The third-order valence-corrected chi connectivity index (χ3v) is 5.43. The van der Waals surface area contributed by atoms with Crippen LogP contribution in [0.4, 0.5) is 10.1 Å². The van der Waals surface area contributed by atoms with Gasteiger partial charge in [-0.3, -0.25) is 24.6 Å². The van der Waals surface area contributed by atoms with E-state index in [1.54, 1.807) is 48.1 Å². The van der Waals surface area contributed by atoms with Gasteiger partial charge in [0.1, 0.15) is 11.4 Å². The number of amides is 2. The van der Waals surface area contributed by atoms with Crippen molar-refractivity contribution in [1.82, 2.24) is 9.88 Å². The van der Waals surface area contributed by atoms with E-state index < -0.39 is 17.6 Å². The summed E-state index contributed by atoms with van der Waals surface area (Å²) in [4.78, 5) is 39.5. The van der Waals surface area contributed by atoms with Gasteiger partial charge in [0.2, 0.25) is 0 Å². The van der Waals surface area contributed by atoms with E-state index >= 15 is 0 Å². The SMILES string of the molecule is Cn1cc(C(=O)c2ccc(F)cc2)cc1C=C1C(=O)NC(=S)N(c2ccc(Cl)cc2)C1=O. The molecule has 2 amide bonds. The minimum absolute atomic E-state index is 0.0430. The molecule has 0 spiro atoms. The number of nitrogens with zero attached hydrogens (tertiary/aromatic N) is 2. The maximum absolute atomic E-state index is 13.1. The second-order valence-corrected chi connectivity index (χ2v) is 7.86. The Bertz CT molecular complexity index is 1300. The molecular weight excluding hydrogens is 453 g/mol. The van der Waals surface area contributed by atoms with Crippen molar-refractivity contribution in [2.24, 2.45) is 7.05 Å². The number of nitrogens with one attached hydrogen (secondary N) is 1. The molecule has 4 rings (SSSR count). The molecule has 0 bridgehead atoms. The Morgan fingerprint density at radius 1 is 1.06 bits per heavy atom. The summed E-state index contributed by atoms with van der Waals surface area (Å²) >= 11 is 11.1. The second kappa shape index (κ2) is 8.49. The van der Waals surface area contributed by atoms with Crippen LogP contribution in [0.3, 0.4) is 0 Å². The number of hydrogen-bond acceptors (Lipinski definition) is 4. The Morgan fingerprint density at radius 2 is 1.72 bits per heavy atom. The number of thiocarbonyl (C=S) groups is 1.